The number of hydrogen-bond donors (Lipinski definition) is 2. The van der Waals surface area contributed by atoms with Gasteiger partial charge in [-0.05, 0) is 37.6 Å². The van der Waals surface area contributed by atoms with Crippen molar-refractivity contribution < 1.29 is 18.0 Å². The number of carbonyl (C=O) groups excluding carboxylic acids is 1. The first-order valence-corrected chi connectivity index (χ1v) is 6.66. The maximum absolute atomic E-state index is 12.4. The molecule has 1 amide bonds. The van der Waals surface area contributed by atoms with E-state index in [4.69, 9.17) is 5.73 Å². The van der Waals surface area contributed by atoms with Gasteiger partial charge >= 0.3 is 6.18 Å². The number of alkyl halides is 3. The molecule has 118 valence electrons. The van der Waals surface area contributed by atoms with Crippen LogP contribution < -0.4 is 11.1 Å². The van der Waals surface area contributed by atoms with Crippen molar-refractivity contribution in [2.45, 2.75) is 26.4 Å². The van der Waals surface area contributed by atoms with Crippen molar-refractivity contribution in [2.24, 2.45) is 0 Å². The van der Waals surface area contributed by atoms with Crippen LogP contribution in [-0.4, -0.2) is 36.6 Å². The molecule has 0 unspecified atom stereocenters. The Morgan fingerprint density at radius 3 is 2.57 bits per heavy atom. The van der Waals surface area contributed by atoms with Gasteiger partial charge in [0.15, 0.2) is 0 Å². The Labute approximate surface area is 122 Å². The van der Waals surface area contributed by atoms with E-state index < -0.39 is 18.6 Å². The molecular formula is C14H20F3N3O. The van der Waals surface area contributed by atoms with Crippen LogP contribution in [0.15, 0.2) is 18.2 Å². The Balaban J connectivity index is 2.62. The number of nitrogen functional groups attached to an aromatic ring is 1. The van der Waals surface area contributed by atoms with Crippen LogP contribution in [0.3, 0.4) is 0 Å². The molecular weight excluding hydrogens is 283 g/mol. The first kappa shape index (κ1) is 17.3. The fourth-order valence-corrected chi connectivity index (χ4v) is 1.91. The molecule has 0 saturated heterocycles. The lowest BCUT2D eigenvalue weighted by Gasteiger charge is -2.22. The first-order chi connectivity index (χ1) is 9.71. The maximum atomic E-state index is 12.4. The molecule has 0 spiro atoms. The molecule has 0 aliphatic rings. The fourth-order valence-electron chi connectivity index (χ4n) is 1.91. The highest BCUT2D eigenvalue weighted by molar-refractivity contribution is 5.92. The Hall–Kier alpha value is -1.76. The SMILES string of the molecule is CCCN(CC(=O)Nc1ccc(C)c(N)c1)CC(F)(F)F. The minimum atomic E-state index is -4.32. The van der Waals surface area contributed by atoms with E-state index in [2.05, 4.69) is 5.32 Å². The predicted octanol–water partition coefficient (Wildman–Crippen LogP) is 2.79. The zero-order valence-corrected chi connectivity index (χ0v) is 12.1. The summed E-state index contributed by atoms with van der Waals surface area (Å²) in [7, 11) is 0. The van der Waals surface area contributed by atoms with Gasteiger partial charge in [0.1, 0.15) is 0 Å². The van der Waals surface area contributed by atoms with Crippen LogP contribution in [0, 0.1) is 6.92 Å². The Kier molecular flexibility index (Phi) is 6.02. The van der Waals surface area contributed by atoms with E-state index >= 15 is 0 Å². The van der Waals surface area contributed by atoms with E-state index in [-0.39, 0.29) is 13.1 Å². The fraction of sp³-hybridized carbons (Fsp3) is 0.500. The van der Waals surface area contributed by atoms with Crippen LogP contribution in [0.1, 0.15) is 18.9 Å². The number of aryl methyl sites for hydroxylation is 1. The third-order valence-electron chi connectivity index (χ3n) is 2.87. The minimum Gasteiger partial charge on any atom is -0.398 e. The molecule has 1 rings (SSSR count). The summed E-state index contributed by atoms with van der Waals surface area (Å²) in [5.41, 5.74) is 7.59. The molecule has 1 aromatic carbocycles. The van der Waals surface area contributed by atoms with Crippen molar-refractivity contribution in [2.75, 3.05) is 30.7 Å². The second-order valence-electron chi connectivity index (χ2n) is 4.95. The average Bonchev–Trinajstić information content (AvgIpc) is 2.32. The van der Waals surface area contributed by atoms with E-state index in [1.807, 2.05) is 6.92 Å². The van der Waals surface area contributed by atoms with Crippen molar-refractivity contribution in [3.8, 4) is 0 Å². The number of rotatable bonds is 6. The third-order valence-corrected chi connectivity index (χ3v) is 2.87. The summed E-state index contributed by atoms with van der Waals surface area (Å²) < 4.78 is 37.2. The van der Waals surface area contributed by atoms with Crippen LogP contribution in [-0.2, 0) is 4.79 Å². The lowest BCUT2D eigenvalue weighted by atomic mass is 10.2. The number of halogens is 3. The minimum absolute atomic E-state index is 0.211. The highest BCUT2D eigenvalue weighted by Gasteiger charge is 2.31. The number of nitrogens with one attached hydrogen (secondary N) is 1. The molecule has 0 heterocycles. The molecule has 0 fully saturated rings. The average molecular weight is 303 g/mol. The quantitative estimate of drug-likeness (QED) is 0.795. The van der Waals surface area contributed by atoms with Crippen LogP contribution in [0.5, 0.6) is 0 Å². The number of nitrogens with two attached hydrogens (primary N) is 1. The van der Waals surface area contributed by atoms with Crippen LogP contribution >= 0.6 is 0 Å². The molecule has 0 aliphatic carbocycles. The Bertz CT molecular complexity index is 489. The summed E-state index contributed by atoms with van der Waals surface area (Å²) in [6.45, 7) is 2.41. The van der Waals surface area contributed by atoms with Crippen molar-refractivity contribution in [3.63, 3.8) is 0 Å². The van der Waals surface area contributed by atoms with Crippen LogP contribution in [0.25, 0.3) is 0 Å². The standard InChI is InChI=1S/C14H20F3N3O/c1-3-6-20(9-14(15,16)17)8-13(21)19-11-5-4-10(2)12(18)7-11/h4-5,7H,3,6,8-9,18H2,1-2H3,(H,19,21). The van der Waals surface area contributed by atoms with E-state index in [0.717, 1.165) is 10.5 Å². The van der Waals surface area contributed by atoms with Crippen molar-refractivity contribution >= 4 is 17.3 Å². The van der Waals surface area contributed by atoms with Gasteiger partial charge in [0, 0.05) is 11.4 Å². The highest BCUT2D eigenvalue weighted by Crippen LogP contribution is 2.18. The normalized spacial score (nSPS) is 11.7. The lowest BCUT2D eigenvalue weighted by molar-refractivity contribution is -0.147. The number of carbonyl (C=O) groups is 1. The Morgan fingerprint density at radius 2 is 2.05 bits per heavy atom. The van der Waals surface area contributed by atoms with Crippen LogP contribution in [0.4, 0.5) is 24.5 Å². The van der Waals surface area contributed by atoms with Gasteiger partial charge < -0.3 is 11.1 Å². The van der Waals surface area contributed by atoms with E-state index in [1.165, 1.54) is 0 Å². The predicted molar refractivity (Wildman–Crippen MR) is 77.0 cm³/mol. The first-order valence-electron chi connectivity index (χ1n) is 6.66. The lowest BCUT2D eigenvalue weighted by Crippen LogP contribution is -2.40. The molecule has 4 nitrogen and oxygen atoms in total. The second-order valence-corrected chi connectivity index (χ2v) is 4.95. The Morgan fingerprint density at radius 1 is 1.38 bits per heavy atom. The topological polar surface area (TPSA) is 58.4 Å². The largest absolute Gasteiger partial charge is 0.401 e. The second kappa shape index (κ2) is 7.31. The molecule has 7 heteroatoms. The summed E-state index contributed by atoms with van der Waals surface area (Å²) in [6.07, 6.45) is -3.77. The summed E-state index contributed by atoms with van der Waals surface area (Å²) >= 11 is 0. The summed E-state index contributed by atoms with van der Waals surface area (Å²) in [4.78, 5) is 12.9. The van der Waals surface area contributed by atoms with Gasteiger partial charge in [-0.2, -0.15) is 13.2 Å². The molecule has 0 radical (unpaired) electrons. The monoisotopic (exact) mass is 303 g/mol. The van der Waals surface area contributed by atoms with Crippen molar-refractivity contribution in [3.05, 3.63) is 23.8 Å². The summed E-state index contributed by atoms with van der Waals surface area (Å²) in [5.74, 6) is -0.490. The molecule has 0 saturated carbocycles. The maximum Gasteiger partial charge on any atom is 0.401 e. The van der Waals surface area contributed by atoms with Gasteiger partial charge in [0.05, 0.1) is 13.1 Å². The third kappa shape index (κ3) is 6.48. The van der Waals surface area contributed by atoms with Gasteiger partial charge in [-0.15, -0.1) is 0 Å². The summed E-state index contributed by atoms with van der Waals surface area (Å²) in [5, 5.41) is 2.56. The number of benzene rings is 1. The molecule has 0 aliphatic heterocycles. The molecule has 1 aromatic rings. The number of amides is 1. The van der Waals surface area contributed by atoms with E-state index in [9.17, 15) is 18.0 Å². The summed E-state index contributed by atoms with van der Waals surface area (Å²) in [6, 6.07) is 4.99. The van der Waals surface area contributed by atoms with Gasteiger partial charge in [-0.1, -0.05) is 13.0 Å². The highest BCUT2D eigenvalue weighted by atomic mass is 19.4. The van der Waals surface area contributed by atoms with Crippen LogP contribution in [0.2, 0.25) is 0 Å². The van der Waals surface area contributed by atoms with Gasteiger partial charge in [0.2, 0.25) is 5.91 Å². The van der Waals surface area contributed by atoms with E-state index in [1.54, 1.807) is 25.1 Å². The zero-order chi connectivity index (χ0) is 16.0. The van der Waals surface area contributed by atoms with Gasteiger partial charge in [-0.3, -0.25) is 9.69 Å². The zero-order valence-electron chi connectivity index (χ0n) is 12.1. The molecule has 0 bridgehead atoms. The molecule has 3 N–H and O–H groups in total. The number of nitrogens with zero attached hydrogens (tertiary/aromatic N) is 1. The van der Waals surface area contributed by atoms with Crippen molar-refractivity contribution in [1.82, 2.24) is 4.90 Å². The molecule has 21 heavy (non-hydrogen) atoms. The van der Waals surface area contributed by atoms with Gasteiger partial charge in [0.25, 0.3) is 0 Å². The van der Waals surface area contributed by atoms with Crippen molar-refractivity contribution in [1.29, 1.82) is 0 Å². The smallest absolute Gasteiger partial charge is 0.398 e. The molecule has 0 aromatic heterocycles. The van der Waals surface area contributed by atoms with E-state index in [0.29, 0.717) is 17.8 Å². The number of hydrogen-bond acceptors (Lipinski definition) is 3. The number of anilines is 2. The van der Waals surface area contributed by atoms with Gasteiger partial charge in [-0.25, -0.2) is 0 Å². The molecule has 0 atom stereocenters.